The van der Waals surface area contributed by atoms with Crippen LogP contribution in [0, 0.1) is 5.82 Å². The number of halogens is 1. The molecule has 0 saturated heterocycles. The first-order chi connectivity index (χ1) is 9.44. The van der Waals surface area contributed by atoms with Gasteiger partial charge in [-0.3, -0.25) is 0 Å². The first kappa shape index (κ1) is 15.0. The molecular formula is C12H14FN3O2S2. The van der Waals surface area contributed by atoms with E-state index in [1.165, 1.54) is 23.5 Å². The van der Waals surface area contributed by atoms with Gasteiger partial charge in [0.2, 0.25) is 10.0 Å². The van der Waals surface area contributed by atoms with E-state index in [-0.39, 0.29) is 17.0 Å². The van der Waals surface area contributed by atoms with Crippen LogP contribution in [0.3, 0.4) is 0 Å². The molecule has 0 saturated carbocycles. The second-order valence-electron chi connectivity index (χ2n) is 4.17. The summed E-state index contributed by atoms with van der Waals surface area (Å²) in [5.41, 5.74) is 5.54. The van der Waals surface area contributed by atoms with Gasteiger partial charge in [0.25, 0.3) is 0 Å². The quantitative estimate of drug-likeness (QED) is 0.881. The Kier molecular flexibility index (Phi) is 4.48. The number of benzene rings is 1. The summed E-state index contributed by atoms with van der Waals surface area (Å²) >= 11 is 1.36. The van der Waals surface area contributed by atoms with Crippen LogP contribution >= 0.6 is 11.3 Å². The molecule has 0 spiro atoms. The first-order valence-corrected chi connectivity index (χ1v) is 8.20. The molecule has 1 aromatic heterocycles. The van der Waals surface area contributed by atoms with Crippen molar-refractivity contribution >= 4 is 21.4 Å². The van der Waals surface area contributed by atoms with E-state index in [9.17, 15) is 12.8 Å². The highest BCUT2D eigenvalue weighted by Gasteiger charge is 2.20. The van der Waals surface area contributed by atoms with Gasteiger partial charge in [-0.15, -0.1) is 11.3 Å². The number of nitrogens with one attached hydrogen (secondary N) is 1. The van der Waals surface area contributed by atoms with E-state index >= 15 is 0 Å². The van der Waals surface area contributed by atoms with Crippen LogP contribution in [0.5, 0.6) is 0 Å². The monoisotopic (exact) mass is 315 g/mol. The standard InChI is InChI=1S/C12H14FN3O2S2/c1-8(12-15-4-5-19-12)16-20(17,18)10-2-3-11(13)9(6-10)7-14/h2-6,8,16H,7,14H2,1H3. The van der Waals surface area contributed by atoms with Gasteiger partial charge in [0.05, 0.1) is 10.9 Å². The Hall–Kier alpha value is -1.35. The van der Waals surface area contributed by atoms with Gasteiger partial charge in [-0.05, 0) is 25.1 Å². The third-order valence-corrected chi connectivity index (χ3v) is 5.20. The van der Waals surface area contributed by atoms with Crippen LogP contribution < -0.4 is 10.5 Å². The Morgan fingerprint density at radius 1 is 1.50 bits per heavy atom. The summed E-state index contributed by atoms with van der Waals surface area (Å²) in [7, 11) is -3.74. The zero-order valence-electron chi connectivity index (χ0n) is 10.7. The molecule has 0 bridgehead atoms. The number of sulfonamides is 1. The second-order valence-corrected chi connectivity index (χ2v) is 6.81. The van der Waals surface area contributed by atoms with Gasteiger partial charge in [0.1, 0.15) is 10.8 Å². The fourth-order valence-corrected chi connectivity index (χ4v) is 3.65. The number of hydrogen-bond acceptors (Lipinski definition) is 5. The lowest BCUT2D eigenvalue weighted by atomic mass is 10.2. The van der Waals surface area contributed by atoms with Crippen molar-refractivity contribution < 1.29 is 12.8 Å². The van der Waals surface area contributed by atoms with Gasteiger partial charge in [0, 0.05) is 23.7 Å². The predicted molar refractivity (Wildman–Crippen MR) is 75.1 cm³/mol. The van der Waals surface area contributed by atoms with E-state index in [0.717, 1.165) is 6.07 Å². The van der Waals surface area contributed by atoms with Crippen molar-refractivity contribution in [2.24, 2.45) is 5.73 Å². The second kappa shape index (κ2) is 5.96. The van der Waals surface area contributed by atoms with Gasteiger partial charge in [-0.1, -0.05) is 0 Å². The highest BCUT2D eigenvalue weighted by molar-refractivity contribution is 7.89. The van der Waals surface area contributed by atoms with Crippen molar-refractivity contribution in [3.8, 4) is 0 Å². The predicted octanol–water partition coefficient (Wildman–Crippen LogP) is 1.78. The molecule has 1 atom stereocenters. The van der Waals surface area contributed by atoms with Crippen molar-refractivity contribution in [1.82, 2.24) is 9.71 Å². The highest BCUT2D eigenvalue weighted by atomic mass is 32.2. The summed E-state index contributed by atoms with van der Waals surface area (Å²) in [6.45, 7) is 1.64. The fraction of sp³-hybridized carbons (Fsp3) is 0.250. The molecule has 0 aliphatic carbocycles. The van der Waals surface area contributed by atoms with E-state index in [4.69, 9.17) is 5.73 Å². The maximum absolute atomic E-state index is 13.3. The number of hydrogen-bond donors (Lipinski definition) is 2. The molecule has 5 nitrogen and oxygen atoms in total. The summed E-state index contributed by atoms with van der Waals surface area (Å²) in [5, 5.41) is 2.43. The topological polar surface area (TPSA) is 85.1 Å². The lowest BCUT2D eigenvalue weighted by Gasteiger charge is -2.12. The summed E-state index contributed by atoms with van der Waals surface area (Å²) in [6.07, 6.45) is 1.61. The van der Waals surface area contributed by atoms with Crippen LogP contribution in [-0.4, -0.2) is 13.4 Å². The summed E-state index contributed by atoms with van der Waals surface area (Å²) < 4.78 is 40.3. The lowest BCUT2D eigenvalue weighted by Crippen LogP contribution is -2.27. The Morgan fingerprint density at radius 2 is 2.25 bits per heavy atom. The number of nitrogens with zero attached hydrogens (tertiary/aromatic N) is 1. The maximum Gasteiger partial charge on any atom is 0.241 e. The zero-order valence-corrected chi connectivity index (χ0v) is 12.3. The fourth-order valence-electron chi connectivity index (χ4n) is 1.67. The number of aromatic nitrogens is 1. The summed E-state index contributed by atoms with van der Waals surface area (Å²) in [6, 6.07) is 3.11. The molecule has 2 rings (SSSR count). The van der Waals surface area contributed by atoms with Gasteiger partial charge >= 0.3 is 0 Å². The van der Waals surface area contributed by atoms with E-state index in [0.29, 0.717) is 5.01 Å². The molecule has 3 N–H and O–H groups in total. The van der Waals surface area contributed by atoms with Crippen LogP contribution in [0.2, 0.25) is 0 Å². The maximum atomic E-state index is 13.3. The smallest absolute Gasteiger partial charge is 0.241 e. The molecular weight excluding hydrogens is 301 g/mol. The average molecular weight is 315 g/mol. The van der Waals surface area contributed by atoms with Crippen molar-refractivity contribution in [2.75, 3.05) is 0 Å². The van der Waals surface area contributed by atoms with Crippen molar-refractivity contribution in [3.63, 3.8) is 0 Å². The highest BCUT2D eigenvalue weighted by Crippen LogP contribution is 2.20. The van der Waals surface area contributed by atoms with Crippen molar-refractivity contribution in [1.29, 1.82) is 0 Å². The largest absolute Gasteiger partial charge is 0.326 e. The summed E-state index contributed by atoms with van der Waals surface area (Å²) in [4.78, 5) is 4.04. The minimum absolute atomic E-state index is 0.0113. The van der Waals surface area contributed by atoms with Crippen LogP contribution in [0.25, 0.3) is 0 Å². The summed E-state index contributed by atoms with van der Waals surface area (Å²) in [5.74, 6) is -0.514. The van der Waals surface area contributed by atoms with Crippen molar-refractivity contribution in [3.05, 3.63) is 46.2 Å². The molecule has 1 aromatic carbocycles. The Morgan fingerprint density at radius 3 is 2.85 bits per heavy atom. The van der Waals surface area contributed by atoms with Gasteiger partial charge in [-0.2, -0.15) is 0 Å². The number of thiazole rings is 1. The van der Waals surface area contributed by atoms with Crippen molar-refractivity contribution in [2.45, 2.75) is 24.4 Å². The number of rotatable bonds is 5. The third-order valence-electron chi connectivity index (χ3n) is 2.70. The molecule has 108 valence electrons. The molecule has 8 heteroatoms. The minimum Gasteiger partial charge on any atom is -0.326 e. The van der Waals surface area contributed by atoms with Crippen LogP contribution in [-0.2, 0) is 16.6 Å². The molecule has 0 aliphatic rings. The van der Waals surface area contributed by atoms with Gasteiger partial charge in [-0.25, -0.2) is 22.5 Å². The van der Waals surface area contributed by atoms with E-state index in [2.05, 4.69) is 9.71 Å². The van der Waals surface area contributed by atoms with Gasteiger partial charge < -0.3 is 5.73 Å². The normalized spacial score (nSPS) is 13.3. The Balaban J connectivity index is 2.26. The molecule has 0 radical (unpaired) electrons. The SMILES string of the molecule is CC(NS(=O)(=O)c1ccc(F)c(CN)c1)c1nccs1. The molecule has 1 heterocycles. The third kappa shape index (κ3) is 3.21. The van der Waals surface area contributed by atoms with E-state index in [1.807, 2.05) is 0 Å². The number of nitrogens with two attached hydrogens (primary N) is 1. The molecule has 1 unspecified atom stereocenters. The lowest BCUT2D eigenvalue weighted by molar-refractivity contribution is 0.565. The average Bonchev–Trinajstić information content (AvgIpc) is 2.92. The zero-order chi connectivity index (χ0) is 14.8. The molecule has 0 amide bonds. The van der Waals surface area contributed by atoms with E-state index in [1.54, 1.807) is 18.5 Å². The van der Waals surface area contributed by atoms with Crippen LogP contribution in [0.1, 0.15) is 23.5 Å². The Bertz CT molecular complexity index is 687. The molecule has 2 aromatic rings. The van der Waals surface area contributed by atoms with Crippen LogP contribution in [0.15, 0.2) is 34.7 Å². The molecule has 20 heavy (non-hydrogen) atoms. The van der Waals surface area contributed by atoms with E-state index < -0.39 is 21.9 Å². The molecule has 0 aliphatic heterocycles. The first-order valence-electron chi connectivity index (χ1n) is 5.84. The molecule has 0 fully saturated rings. The van der Waals surface area contributed by atoms with Gasteiger partial charge in [0.15, 0.2) is 0 Å². The van der Waals surface area contributed by atoms with Crippen LogP contribution in [0.4, 0.5) is 4.39 Å². The Labute approximate surface area is 120 Å². The minimum atomic E-state index is -3.74.